The molecule has 0 amide bonds. The summed E-state index contributed by atoms with van der Waals surface area (Å²) in [6.45, 7) is 5.91. The van der Waals surface area contributed by atoms with Gasteiger partial charge >= 0.3 is 0 Å². The number of rotatable bonds is 5. The number of benzene rings is 2. The largest absolute Gasteiger partial charge is 0.354 e. The molecule has 1 aliphatic heterocycles. The summed E-state index contributed by atoms with van der Waals surface area (Å²) in [6, 6.07) is 16.9. The van der Waals surface area contributed by atoms with Gasteiger partial charge in [0, 0.05) is 53.4 Å². The predicted molar refractivity (Wildman–Crippen MR) is 130 cm³/mol. The second-order valence-corrected chi connectivity index (χ2v) is 9.99. The van der Waals surface area contributed by atoms with Gasteiger partial charge in [-0.25, -0.2) is 18.4 Å². The Morgan fingerprint density at radius 3 is 2.22 bits per heavy atom. The molecule has 0 spiro atoms. The highest BCUT2D eigenvalue weighted by molar-refractivity contribution is 7.92. The van der Waals surface area contributed by atoms with E-state index in [0.29, 0.717) is 37.0 Å². The summed E-state index contributed by atoms with van der Waals surface area (Å²) < 4.78 is 27.1. The summed E-state index contributed by atoms with van der Waals surface area (Å²) >= 11 is 6.01. The number of hydrogen-bond donors (Lipinski definition) is 0. The monoisotopic (exact) mass is 468 g/mol. The molecule has 0 unspecified atom stereocenters. The van der Waals surface area contributed by atoms with Crippen LogP contribution in [0.5, 0.6) is 0 Å². The molecule has 1 fully saturated rings. The first-order valence-corrected chi connectivity index (χ1v) is 12.3. The third-order valence-corrected chi connectivity index (χ3v) is 7.41. The van der Waals surface area contributed by atoms with Gasteiger partial charge in [-0.2, -0.15) is 4.31 Å². The minimum atomic E-state index is -3.48. The zero-order valence-corrected chi connectivity index (χ0v) is 19.6. The summed E-state index contributed by atoms with van der Waals surface area (Å²) in [5, 5.41) is 1.95. The van der Waals surface area contributed by atoms with E-state index in [9.17, 15) is 8.42 Å². The van der Waals surface area contributed by atoms with E-state index in [0.717, 1.165) is 28.2 Å². The van der Waals surface area contributed by atoms with Crippen LogP contribution < -0.4 is 4.90 Å². The van der Waals surface area contributed by atoms with E-state index in [1.54, 1.807) is 6.08 Å². The van der Waals surface area contributed by atoms with E-state index in [2.05, 4.69) is 9.88 Å². The second kappa shape index (κ2) is 9.40. The Kier molecular flexibility index (Phi) is 6.60. The van der Waals surface area contributed by atoms with Crippen molar-refractivity contribution in [2.75, 3.05) is 31.1 Å². The molecule has 1 aliphatic rings. The second-order valence-electron chi connectivity index (χ2n) is 7.73. The topological polar surface area (TPSA) is 66.4 Å². The van der Waals surface area contributed by atoms with E-state index in [1.807, 2.05) is 68.4 Å². The van der Waals surface area contributed by atoms with Crippen molar-refractivity contribution < 1.29 is 8.42 Å². The number of sulfonamides is 1. The molecule has 166 valence electrons. The van der Waals surface area contributed by atoms with E-state index < -0.39 is 10.0 Å². The Labute approximate surface area is 194 Å². The minimum absolute atomic E-state index is 0.403. The molecule has 2 heterocycles. The average Bonchev–Trinajstić information content (AvgIpc) is 2.81. The van der Waals surface area contributed by atoms with Crippen LogP contribution in [0.2, 0.25) is 5.02 Å². The Hall–Kier alpha value is -2.74. The maximum Gasteiger partial charge on any atom is 0.236 e. The first-order chi connectivity index (χ1) is 15.3. The van der Waals surface area contributed by atoms with Crippen LogP contribution in [0.3, 0.4) is 0 Å². The number of aryl methyl sites for hydroxylation is 1. The minimum Gasteiger partial charge on any atom is -0.354 e. The molecular weight excluding hydrogens is 444 g/mol. The van der Waals surface area contributed by atoms with Crippen molar-refractivity contribution in [1.29, 1.82) is 0 Å². The summed E-state index contributed by atoms with van der Waals surface area (Å²) in [4.78, 5) is 11.6. The van der Waals surface area contributed by atoms with E-state index >= 15 is 0 Å². The van der Waals surface area contributed by atoms with Crippen molar-refractivity contribution in [3.8, 4) is 11.4 Å². The van der Waals surface area contributed by atoms with Crippen molar-refractivity contribution in [3.63, 3.8) is 0 Å². The van der Waals surface area contributed by atoms with Crippen LogP contribution in [-0.4, -0.2) is 48.9 Å². The summed E-state index contributed by atoms with van der Waals surface area (Å²) in [6.07, 6.45) is 1.64. The molecule has 0 radical (unpaired) electrons. The van der Waals surface area contributed by atoms with Gasteiger partial charge in [0.25, 0.3) is 0 Å². The Bertz CT molecular complexity index is 1220. The molecule has 3 aromatic rings. The van der Waals surface area contributed by atoms with Crippen LogP contribution in [0.1, 0.15) is 16.8 Å². The third-order valence-electron chi connectivity index (χ3n) is 5.60. The fourth-order valence-electron chi connectivity index (χ4n) is 3.62. The van der Waals surface area contributed by atoms with E-state index in [-0.39, 0.29) is 0 Å². The van der Waals surface area contributed by atoms with E-state index in [4.69, 9.17) is 16.6 Å². The van der Waals surface area contributed by atoms with Gasteiger partial charge in [0.05, 0.1) is 0 Å². The summed E-state index contributed by atoms with van der Waals surface area (Å²) in [5.74, 6) is 1.49. The highest BCUT2D eigenvalue weighted by Gasteiger charge is 2.27. The lowest BCUT2D eigenvalue weighted by molar-refractivity contribution is 0.388. The zero-order chi connectivity index (χ0) is 22.7. The molecule has 1 saturated heterocycles. The van der Waals surface area contributed by atoms with Crippen LogP contribution in [0.25, 0.3) is 17.5 Å². The van der Waals surface area contributed by atoms with Crippen molar-refractivity contribution in [3.05, 3.63) is 81.8 Å². The first-order valence-electron chi connectivity index (χ1n) is 10.4. The fraction of sp³-hybridized carbons (Fsp3) is 0.250. The zero-order valence-electron chi connectivity index (χ0n) is 18.1. The average molecular weight is 469 g/mol. The lowest BCUT2D eigenvalue weighted by atomic mass is 10.1. The molecular formula is C24H25ClN4O2S. The van der Waals surface area contributed by atoms with Crippen LogP contribution in [0.15, 0.2) is 60.0 Å². The van der Waals surface area contributed by atoms with Gasteiger partial charge in [-0.3, -0.25) is 0 Å². The van der Waals surface area contributed by atoms with Gasteiger partial charge in [-0.1, -0.05) is 41.9 Å². The first kappa shape index (κ1) is 22.5. The van der Waals surface area contributed by atoms with Crippen LogP contribution in [-0.2, 0) is 10.0 Å². The summed E-state index contributed by atoms with van der Waals surface area (Å²) in [7, 11) is -3.48. The molecule has 0 bridgehead atoms. The van der Waals surface area contributed by atoms with E-state index in [1.165, 1.54) is 9.71 Å². The molecule has 0 aliphatic carbocycles. The molecule has 8 heteroatoms. The van der Waals surface area contributed by atoms with Crippen molar-refractivity contribution >= 4 is 33.5 Å². The van der Waals surface area contributed by atoms with Gasteiger partial charge in [0.2, 0.25) is 10.0 Å². The Balaban J connectivity index is 1.50. The van der Waals surface area contributed by atoms with Crippen molar-refractivity contribution in [1.82, 2.24) is 14.3 Å². The standard InChI is InChI=1S/C24H25ClN4O2S/c1-18-19(2)26-23(21-8-10-22(25)11-9-21)27-24(18)28-13-15-29(16-14-28)32(30,31)17-12-20-6-4-3-5-7-20/h3-12,17H,13-16H2,1-2H3/b17-12+. The molecule has 0 saturated carbocycles. The fourth-order valence-corrected chi connectivity index (χ4v) is 4.92. The number of anilines is 1. The Morgan fingerprint density at radius 1 is 0.906 bits per heavy atom. The Morgan fingerprint density at radius 2 is 1.56 bits per heavy atom. The number of hydrogen-bond acceptors (Lipinski definition) is 5. The predicted octanol–water partition coefficient (Wildman–Crippen LogP) is 4.54. The number of halogens is 1. The highest BCUT2D eigenvalue weighted by atomic mass is 35.5. The lowest BCUT2D eigenvalue weighted by Crippen LogP contribution is -2.48. The normalized spacial score (nSPS) is 15.4. The molecule has 32 heavy (non-hydrogen) atoms. The van der Waals surface area contributed by atoms with Gasteiger partial charge in [0.1, 0.15) is 5.82 Å². The number of piperazine rings is 1. The molecule has 6 nitrogen and oxygen atoms in total. The van der Waals surface area contributed by atoms with Gasteiger partial charge < -0.3 is 4.90 Å². The van der Waals surface area contributed by atoms with Gasteiger partial charge in [-0.05, 0) is 49.8 Å². The van der Waals surface area contributed by atoms with Gasteiger partial charge in [-0.15, -0.1) is 0 Å². The molecule has 1 aromatic heterocycles. The number of aromatic nitrogens is 2. The van der Waals surface area contributed by atoms with Crippen LogP contribution >= 0.6 is 11.6 Å². The van der Waals surface area contributed by atoms with Gasteiger partial charge in [0.15, 0.2) is 5.82 Å². The summed E-state index contributed by atoms with van der Waals surface area (Å²) in [5.41, 5.74) is 3.66. The molecule has 0 N–H and O–H groups in total. The third kappa shape index (κ3) is 5.01. The van der Waals surface area contributed by atoms with Crippen LogP contribution in [0.4, 0.5) is 5.82 Å². The van der Waals surface area contributed by atoms with Crippen molar-refractivity contribution in [2.45, 2.75) is 13.8 Å². The number of nitrogens with zero attached hydrogens (tertiary/aromatic N) is 4. The SMILES string of the molecule is Cc1nc(-c2ccc(Cl)cc2)nc(N2CCN(S(=O)(=O)/C=C/c3ccccc3)CC2)c1C. The smallest absolute Gasteiger partial charge is 0.236 e. The van der Waals surface area contributed by atoms with Crippen molar-refractivity contribution in [2.24, 2.45) is 0 Å². The molecule has 2 aromatic carbocycles. The molecule has 4 rings (SSSR count). The lowest BCUT2D eigenvalue weighted by Gasteiger charge is -2.35. The quantitative estimate of drug-likeness (QED) is 0.550. The van der Waals surface area contributed by atoms with Crippen LogP contribution in [0, 0.1) is 13.8 Å². The molecule has 0 atom stereocenters. The maximum atomic E-state index is 12.8. The maximum absolute atomic E-state index is 12.8. The highest BCUT2D eigenvalue weighted by Crippen LogP contribution is 2.26.